The van der Waals surface area contributed by atoms with Gasteiger partial charge in [-0.15, -0.1) is 0 Å². The number of amides is 1. The summed E-state index contributed by atoms with van der Waals surface area (Å²) < 4.78 is 26.4. The zero-order chi connectivity index (χ0) is 14.9. The fourth-order valence-corrected chi connectivity index (χ4v) is 1.61. The Kier molecular flexibility index (Phi) is 3.47. The van der Waals surface area contributed by atoms with Crippen LogP contribution in [0.25, 0.3) is 6.08 Å². The van der Waals surface area contributed by atoms with Gasteiger partial charge >= 0.3 is 0 Å². The Balaban J connectivity index is 2.44. The predicted octanol–water partition coefficient (Wildman–Crippen LogP) is 1.34. The number of phenols is 1. The van der Waals surface area contributed by atoms with E-state index in [1.165, 1.54) is 7.05 Å². The molecule has 1 aliphatic heterocycles. The third-order valence-corrected chi connectivity index (χ3v) is 2.62. The summed E-state index contributed by atoms with van der Waals surface area (Å²) in [6.45, 7) is 0. The molecule has 1 heterocycles. The Morgan fingerprint density at radius 2 is 1.95 bits per heavy atom. The molecule has 0 aliphatic carbocycles. The van der Waals surface area contributed by atoms with Crippen LogP contribution in [0, 0.1) is 11.6 Å². The molecule has 8 heteroatoms. The molecule has 1 aliphatic rings. The van der Waals surface area contributed by atoms with Crippen LogP contribution in [0.5, 0.6) is 5.75 Å². The van der Waals surface area contributed by atoms with Crippen LogP contribution >= 0.6 is 0 Å². The lowest BCUT2D eigenvalue weighted by molar-refractivity contribution is -0.121. The van der Waals surface area contributed by atoms with Gasteiger partial charge in [-0.25, -0.2) is 13.8 Å². The summed E-state index contributed by atoms with van der Waals surface area (Å²) in [5.74, 6) is -3.80. The van der Waals surface area contributed by atoms with Crippen LogP contribution in [0.15, 0.2) is 28.0 Å². The summed E-state index contributed by atoms with van der Waals surface area (Å²) >= 11 is 0. The number of rotatable bonds is 2. The van der Waals surface area contributed by atoms with Gasteiger partial charge in [-0.2, -0.15) is 0 Å². The minimum atomic E-state index is -1.14. The molecule has 1 aromatic carbocycles. The van der Waals surface area contributed by atoms with Crippen LogP contribution in [0.3, 0.4) is 0 Å². The van der Waals surface area contributed by atoms with Crippen LogP contribution < -0.4 is 0 Å². The first-order chi connectivity index (χ1) is 9.43. The van der Waals surface area contributed by atoms with Crippen molar-refractivity contribution in [2.75, 3.05) is 7.05 Å². The lowest BCUT2D eigenvalue weighted by atomic mass is 10.1. The molecule has 1 aromatic rings. The fraction of sp³-hybridized carbons (Fsp3) is 0.0833. The van der Waals surface area contributed by atoms with Crippen molar-refractivity contribution in [2.45, 2.75) is 0 Å². The van der Waals surface area contributed by atoms with E-state index < -0.39 is 23.3 Å². The highest BCUT2D eigenvalue weighted by atomic mass is 19.1. The number of phenolic OH excluding ortho intramolecular Hbond substituents is 1. The van der Waals surface area contributed by atoms with Gasteiger partial charge < -0.3 is 10.3 Å². The molecule has 0 saturated heterocycles. The molecule has 0 radical (unpaired) electrons. The minimum absolute atomic E-state index is 0.0282. The highest BCUT2D eigenvalue weighted by Gasteiger charge is 2.26. The van der Waals surface area contributed by atoms with Crippen LogP contribution in [0.2, 0.25) is 0 Å². The van der Waals surface area contributed by atoms with Crippen molar-refractivity contribution in [3.63, 3.8) is 0 Å². The maximum Gasteiger partial charge on any atom is 0.277 e. The van der Waals surface area contributed by atoms with Crippen LogP contribution in [-0.2, 0) is 4.79 Å². The van der Waals surface area contributed by atoms with E-state index in [0.29, 0.717) is 0 Å². The number of halogens is 2. The molecule has 0 atom stereocenters. The molecule has 0 saturated carbocycles. The number of benzene rings is 1. The molecular formula is C12H9F2N3O3. The Hall–Kier alpha value is -2.77. The van der Waals surface area contributed by atoms with Gasteiger partial charge in [-0.1, -0.05) is 5.16 Å². The number of aromatic hydroxyl groups is 1. The molecule has 20 heavy (non-hydrogen) atoms. The number of hydrogen-bond donors (Lipinski definition) is 2. The summed E-state index contributed by atoms with van der Waals surface area (Å²) in [5.41, 5.74) is -0.0487. The van der Waals surface area contributed by atoms with E-state index in [9.17, 15) is 13.6 Å². The van der Waals surface area contributed by atoms with Crippen molar-refractivity contribution >= 4 is 24.0 Å². The minimum Gasteiger partial charge on any atom is -0.503 e. The summed E-state index contributed by atoms with van der Waals surface area (Å²) in [5, 5.41) is 20.1. The molecule has 0 unspecified atom stereocenters. The maximum atomic E-state index is 13.2. The van der Waals surface area contributed by atoms with Crippen molar-refractivity contribution in [1.29, 1.82) is 0 Å². The molecular weight excluding hydrogens is 272 g/mol. The largest absolute Gasteiger partial charge is 0.503 e. The SMILES string of the molecule is CN1C(=O)C(=Cc2cc(F)c(O)c(F)c2)N=C1/C=N\O. The van der Waals surface area contributed by atoms with Gasteiger partial charge in [-0.05, 0) is 23.8 Å². The quantitative estimate of drug-likeness (QED) is 0.371. The lowest BCUT2D eigenvalue weighted by Gasteiger charge is -2.06. The molecule has 2 rings (SSSR count). The smallest absolute Gasteiger partial charge is 0.277 e. The van der Waals surface area contributed by atoms with Crippen LogP contribution in [-0.4, -0.2) is 40.2 Å². The zero-order valence-electron chi connectivity index (χ0n) is 10.2. The topological polar surface area (TPSA) is 85.5 Å². The summed E-state index contributed by atoms with van der Waals surface area (Å²) in [4.78, 5) is 16.8. The van der Waals surface area contributed by atoms with Gasteiger partial charge in [-0.3, -0.25) is 9.69 Å². The van der Waals surface area contributed by atoms with Gasteiger partial charge in [0.2, 0.25) is 0 Å². The van der Waals surface area contributed by atoms with E-state index in [2.05, 4.69) is 10.1 Å². The van der Waals surface area contributed by atoms with Crippen molar-refractivity contribution < 1.29 is 23.9 Å². The highest BCUT2D eigenvalue weighted by molar-refractivity contribution is 6.37. The summed E-state index contributed by atoms with van der Waals surface area (Å²) in [6.07, 6.45) is 2.11. The number of oxime groups is 1. The van der Waals surface area contributed by atoms with Gasteiger partial charge in [0.1, 0.15) is 11.9 Å². The van der Waals surface area contributed by atoms with E-state index >= 15 is 0 Å². The molecule has 0 aromatic heterocycles. The number of nitrogens with zero attached hydrogens (tertiary/aromatic N) is 3. The molecule has 0 fully saturated rings. The number of amidine groups is 1. The second-order valence-corrected chi connectivity index (χ2v) is 3.94. The fourth-order valence-electron chi connectivity index (χ4n) is 1.61. The number of carbonyl (C=O) groups is 1. The highest BCUT2D eigenvalue weighted by Crippen LogP contribution is 2.24. The third kappa shape index (κ3) is 2.35. The van der Waals surface area contributed by atoms with E-state index in [-0.39, 0.29) is 17.1 Å². The van der Waals surface area contributed by atoms with Crippen molar-refractivity contribution in [3.05, 3.63) is 35.0 Å². The standard InChI is InChI=1S/C12H9F2N3O3/c1-17-10(5-15-20)16-9(12(17)19)4-6-2-7(13)11(18)8(14)3-6/h2-5,18,20H,1H3/b9-4?,15-5-. The molecule has 6 nitrogen and oxygen atoms in total. The summed E-state index contributed by atoms with van der Waals surface area (Å²) in [7, 11) is 1.40. The first-order valence-corrected chi connectivity index (χ1v) is 5.38. The van der Waals surface area contributed by atoms with Crippen molar-refractivity contribution in [1.82, 2.24) is 4.90 Å². The van der Waals surface area contributed by atoms with E-state index in [1.54, 1.807) is 0 Å². The van der Waals surface area contributed by atoms with E-state index in [4.69, 9.17) is 10.3 Å². The van der Waals surface area contributed by atoms with Gasteiger partial charge in [0.25, 0.3) is 5.91 Å². The Bertz CT molecular complexity index is 645. The van der Waals surface area contributed by atoms with Crippen LogP contribution in [0.4, 0.5) is 8.78 Å². The van der Waals surface area contributed by atoms with Gasteiger partial charge in [0, 0.05) is 7.05 Å². The Morgan fingerprint density at radius 1 is 1.35 bits per heavy atom. The number of aliphatic imine (C=N–C) groups is 1. The predicted molar refractivity (Wildman–Crippen MR) is 66.5 cm³/mol. The number of carbonyl (C=O) groups excluding carboxylic acids is 1. The monoisotopic (exact) mass is 281 g/mol. The molecule has 0 spiro atoms. The average Bonchev–Trinajstić information content (AvgIpc) is 2.65. The molecule has 1 amide bonds. The van der Waals surface area contributed by atoms with Crippen molar-refractivity contribution in [3.8, 4) is 5.75 Å². The average molecular weight is 281 g/mol. The second-order valence-electron chi connectivity index (χ2n) is 3.94. The summed E-state index contributed by atoms with van der Waals surface area (Å²) in [6, 6.07) is 1.73. The van der Waals surface area contributed by atoms with E-state index in [1.807, 2.05) is 0 Å². The Labute approximate surface area is 112 Å². The number of likely N-dealkylation sites (N-methyl/N-ethyl adjacent to an activating group) is 1. The van der Waals surface area contributed by atoms with Crippen LogP contribution in [0.1, 0.15) is 5.56 Å². The maximum absolute atomic E-state index is 13.2. The third-order valence-electron chi connectivity index (χ3n) is 2.62. The second kappa shape index (κ2) is 5.08. The van der Waals surface area contributed by atoms with Crippen molar-refractivity contribution in [2.24, 2.45) is 10.1 Å². The van der Waals surface area contributed by atoms with Gasteiger partial charge in [0.15, 0.2) is 23.2 Å². The molecule has 104 valence electrons. The lowest BCUT2D eigenvalue weighted by Crippen LogP contribution is -2.28. The first kappa shape index (κ1) is 13.7. The molecule has 0 bridgehead atoms. The first-order valence-electron chi connectivity index (χ1n) is 5.38. The normalized spacial score (nSPS) is 17.4. The zero-order valence-corrected chi connectivity index (χ0v) is 10.2. The van der Waals surface area contributed by atoms with Gasteiger partial charge in [0.05, 0.1) is 0 Å². The molecule has 2 N–H and O–H groups in total. The van der Waals surface area contributed by atoms with E-state index in [0.717, 1.165) is 29.3 Å². The Morgan fingerprint density at radius 3 is 2.50 bits per heavy atom. The number of hydrogen-bond acceptors (Lipinski definition) is 5.